The maximum absolute atomic E-state index is 16.0. The van der Waals surface area contributed by atoms with E-state index in [2.05, 4.69) is 20.6 Å². The fourth-order valence-electron chi connectivity index (χ4n) is 7.81. The third-order valence-corrected chi connectivity index (χ3v) is 13.1. The standard InChI is InChI=1S/C38H46F4N6O9S/c1-36(2,3)29-33(50)48-19-20(12-15-25(48)31(49)46-37(18-22(37)30(39)40)34(51)47-58(53,54)21-13-14-21)56-32-28(43-23-8-4-5-9-24(23)44-32)38(41,42)16-7-17-55-26-10-6-11-27(26)57-35(52)45-29/h4-5,7-9,16,20-22,25-27,29-30H,6,10-15,17-19H2,1-3H3,(H,45,52)(H,46,49)(H,47,51)/b16-7+/t20-,22-,25-,26+,27+,29+,37+/m0/s1. The molecule has 1 saturated heterocycles. The van der Waals surface area contributed by atoms with Crippen LogP contribution in [0.3, 0.4) is 0 Å². The summed E-state index contributed by atoms with van der Waals surface area (Å²) in [5, 5.41) is 4.13. The van der Waals surface area contributed by atoms with Gasteiger partial charge >= 0.3 is 12.0 Å². The van der Waals surface area contributed by atoms with Crippen LogP contribution in [0.25, 0.3) is 11.0 Å². The van der Waals surface area contributed by atoms with Crippen LogP contribution in [-0.4, -0.2) is 108 Å². The van der Waals surface area contributed by atoms with Crippen LogP contribution in [0.1, 0.15) is 77.8 Å². The second kappa shape index (κ2) is 15.5. The Morgan fingerprint density at radius 2 is 1.67 bits per heavy atom. The number of alkyl carbamates (subject to hydrolysis) is 1. The van der Waals surface area contributed by atoms with E-state index in [0.29, 0.717) is 25.3 Å². The smallest absolute Gasteiger partial charge is 0.408 e. The number of benzene rings is 1. The number of fused-ring (bicyclic) bond motifs is 5. The second-order valence-electron chi connectivity index (χ2n) is 16.7. The molecule has 4 amide bonds. The number of ether oxygens (including phenoxy) is 3. The number of alkyl halides is 4. The van der Waals surface area contributed by atoms with Crippen molar-refractivity contribution in [3.05, 3.63) is 42.1 Å². The fraction of sp³-hybridized carbons (Fsp3) is 0.632. The van der Waals surface area contributed by atoms with E-state index in [-0.39, 0.29) is 43.3 Å². The highest BCUT2D eigenvalue weighted by Gasteiger charge is 2.66. The normalized spacial score (nSPS) is 31.1. The first-order valence-electron chi connectivity index (χ1n) is 19.3. The molecule has 3 N–H and O–H groups in total. The molecule has 2 aliphatic heterocycles. The highest BCUT2D eigenvalue weighted by Crippen LogP contribution is 2.48. The van der Waals surface area contributed by atoms with Gasteiger partial charge in [0.1, 0.15) is 29.8 Å². The van der Waals surface area contributed by atoms with Gasteiger partial charge in [-0.1, -0.05) is 39.0 Å². The molecule has 316 valence electrons. The molecule has 1 aromatic heterocycles. The molecule has 5 aliphatic rings. The highest BCUT2D eigenvalue weighted by molar-refractivity contribution is 7.91. The van der Waals surface area contributed by atoms with Crippen LogP contribution in [-0.2, 0) is 39.8 Å². The minimum atomic E-state index is -4.19. The molecule has 0 radical (unpaired) electrons. The van der Waals surface area contributed by atoms with Gasteiger partial charge in [-0.05, 0) is 75.0 Å². The van der Waals surface area contributed by atoms with Crippen molar-refractivity contribution in [2.75, 3.05) is 13.2 Å². The van der Waals surface area contributed by atoms with Crippen LogP contribution in [0, 0.1) is 11.3 Å². The SMILES string of the molecule is CC(C)(C)[C@@H]1NC(=O)O[C@@H]2CCC[C@H]2OC/C=C/C(F)(F)c2nc3ccccc3nc2O[C@H]2CC[C@@H](C(=O)N[C@]3(C(=O)NS(=O)(=O)C4CC4)C[C@H]3C(F)F)N(C2)C1=O. The molecule has 1 aromatic carbocycles. The number of nitrogens with one attached hydrogen (secondary N) is 3. The first-order valence-corrected chi connectivity index (χ1v) is 20.9. The summed E-state index contributed by atoms with van der Waals surface area (Å²) >= 11 is 0. The molecule has 20 heteroatoms. The van der Waals surface area contributed by atoms with E-state index in [9.17, 15) is 36.4 Å². The molecule has 0 unspecified atom stereocenters. The van der Waals surface area contributed by atoms with Crippen LogP contribution in [0.2, 0.25) is 0 Å². The van der Waals surface area contributed by atoms with Crippen molar-refractivity contribution in [1.29, 1.82) is 0 Å². The van der Waals surface area contributed by atoms with E-state index in [1.54, 1.807) is 39.0 Å². The number of sulfonamides is 1. The zero-order valence-corrected chi connectivity index (χ0v) is 32.9. The number of hydrogen-bond donors (Lipinski definition) is 3. The van der Waals surface area contributed by atoms with Crippen molar-refractivity contribution in [1.82, 2.24) is 30.2 Å². The van der Waals surface area contributed by atoms with Crippen LogP contribution >= 0.6 is 0 Å². The van der Waals surface area contributed by atoms with Crippen molar-refractivity contribution in [2.24, 2.45) is 11.3 Å². The van der Waals surface area contributed by atoms with Crippen molar-refractivity contribution >= 4 is 44.9 Å². The first-order chi connectivity index (χ1) is 27.3. The summed E-state index contributed by atoms with van der Waals surface area (Å²) in [6.45, 7) is 4.28. The number of carbonyl (C=O) groups is 4. The van der Waals surface area contributed by atoms with Gasteiger partial charge in [-0.2, -0.15) is 8.78 Å². The van der Waals surface area contributed by atoms with Gasteiger partial charge in [0, 0.05) is 0 Å². The average Bonchev–Trinajstić information content (AvgIpc) is 4.08. The molecule has 3 saturated carbocycles. The number of para-hydroxylation sites is 2. The predicted molar refractivity (Wildman–Crippen MR) is 197 cm³/mol. The summed E-state index contributed by atoms with van der Waals surface area (Å²) in [5.74, 6) is -9.17. The maximum atomic E-state index is 16.0. The topological polar surface area (TPSA) is 195 Å². The highest BCUT2D eigenvalue weighted by atomic mass is 32.2. The molecule has 0 spiro atoms. The van der Waals surface area contributed by atoms with Crippen LogP contribution < -0.4 is 20.1 Å². The number of hydrogen-bond acceptors (Lipinski definition) is 11. The van der Waals surface area contributed by atoms with Gasteiger partial charge in [-0.15, -0.1) is 0 Å². The Morgan fingerprint density at radius 3 is 2.33 bits per heavy atom. The summed E-state index contributed by atoms with van der Waals surface area (Å²) in [4.78, 5) is 65.4. The summed E-state index contributed by atoms with van der Waals surface area (Å²) in [5.41, 5.74) is -3.74. The largest absolute Gasteiger partial charge is 0.471 e. The fourth-order valence-corrected chi connectivity index (χ4v) is 9.17. The lowest BCUT2D eigenvalue weighted by molar-refractivity contribution is -0.149. The first kappa shape index (κ1) is 41.6. The molecule has 4 fully saturated rings. The number of rotatable bonds is 6. The van der Waals surface area contributed by atoms with Gasteiger partial charge in [0.05, 0.1) is 41.5 Å². The van der Waals surface area contributed by atoms with E-state index in [1.807, 2.05) is 4.72 Å². The molecular weight excluding hydrogens is 793 g/mol. The third kappa shape index (κ3) is 8.58. The van der Waals surface area contributed by atoms with Gasteiger partial charge in [0.25, 0.3) is 5.91 Å². The van der Waals surface area contributed by atoms with Crippen LogP contribution in [0.4, 0.5) is 22.4 Å². The summed E-state index contributed by atoms with van der Waals surface area (Å²) in [6.07, 6.45) is -3.60. The second-order valence-corrected chi connectivity index (χ2v) is 18.6. The van der Waals surface area contributed by atoms with Crippen LogP contribution in [0.5, 0.6) is 5.88 Å². The summed E-state index contributed by atoms with van der Waals surface area (Å²) in [7, 11) is -4.19. The number of piperidine rings is 1. The van der Waals surface area contributed by atoms with E-state index in [1.165, 1.54) is 6.07 Å². The summed E-state index contributed by atoms with van der Waals surface area (Å²) in [6, 6.07) is 3.47. The Bertz CT molecular complexity index is 2100. The molecule has 3 aliphatic carbocycles. The summed E-state index contributed by atoms with van der Waals surface area (Å²) < 4.78 is 105. The minimum Gasteiger partial charge on any atom is -0.471 e. The lowest BCUT2D eigenvalue weighted by Gasteiger charge is -2.43. The Hall–Kier alpha value is -4.59. The predicted octanol–water partition coefficient (Wildman–Crippen LogP) is 3.86. The number of allylic oxidation sites excluding steroid dienone is 1. The lowest BCUT2D eigenvalue weighted by atomic mass is 9.84. The molecule has 7 atom stereocenters. The number of amides is 4. The van der Waals surface area contributed by atoms with Crippen molar-refractivity contribution in [3.8, 4) is 5.88 Å². The monoisotopic (exact) mass is 838 g/mol. The molecule has 2 aromatic rings. The van der Waals surface area contributed by atoms with E-state index in [4.69, 9.17) is 14.2 Å². The Morgan fingerprint density at radius 1 is 0.983 bits per heavy atom. The molecule has 58 heavy (non-hydrogen) atoms. The van der Waals surface area contributed by atoms with E-state index >= 15 is 8.78 Å². The average molecular weight is 839 g/mol. The minimum absolute atomic E-state index is 0.0582. The van der Waals surface area contributed by atoms with Crippen molar-refractivity contribution < 1.29 is 59.4 Å². The molecule has 2 bridgehead atoms. The molecule has 7 rings (SSSR count). The van der Waals surface area contributed by atoms with Crippen molar-refractivity contribution in [2.45, 2.75) is 126 Å². The lowest BCUT2D eigenvalue weighted by Crippen LogP contribution is -2.64. The van der Waals surface area contributed by atoms with Gasteiger partial charge in [0.2, 0.25) is 34.1 Å². The Balaban J connectivity index is 1.25. The Kier molecular flexibility index (Phi) is 11.1. The molecule has 3 heterocycles. The number of carbonyl (C=O) groups excluding carboxylic acids is 4. The number of halogens is 4. The Labute approximate surface area is 332 Å². The third-order valence-electron chi connectivity index (χ3n) is 11.3. The zero-order valence-electron chi connectivity index (χ0n) is 32.1. The van der Waals surface area contributed by atoms with Crippen LogP contribution in [0.15, 0.2) is 36.4 Å². The molecular formula is C38H46F4N6O9S. The van der Waals surface area contributed by atoms with Gasteiger partial charge in [0.15, 0.2) is 5.69 Å². The van der Waals surface area contributed by atoms with Gasteiger partial charge in [-0.3, -0.25) is 19.1 Å². The zero-order chi connectivity index (χ0) is 41.8. The maximum Gasteiger partial charge on any atom is 0.408 e. The van der Waals surface area contributed by atoms with E-state index in [0.717, 1.165) is 11.0 Å². The quantitative estimate of drug-likeness (QED) is 0.283. The molecule has 15 nitrogen and oxygen atoms in total. The van der Waals surface area contributed by atoms with Gasteiger partial charge in [-0.25, -0.2) is 32.0 Å². The number of nitrogens with zero attached hydrogens (tertiary/aromatic N) is 3. The van der Waals surface area contributed by atoms with Crippen molar-refractivity contribution in [3.63, 3.8) is 0 Å². The van der Waals surface area contributed by atoms with E-state index < -0.39 is 123 Å². The number of aromatic nitrogens is 2. The van der Waals surface area contributed by atoms with Gasteiger partial charge < -0.3 is 29.7 Å².